The van der Waals surface area contributed by atoms with E-state index in [1.165, 1.54) is 23.5 Å². The van der Waals surface area contributed by atoms with Gasteiger partial charge in [0.15, 0.2) is 5.82 Å². The Hall–Kier alpha value is -2.82. The first-order valence-corrected chi connectivity index (χ1v) is 11.6. The summed E-state index contributed by atoms with van der Waals surface area (Å²) < 4.78 is 29.3. The molecule has 2 heterocycles. The van der Waals surface area contributed by atoms with Crippen LogP contribution in [-0.2, 0) is 10.0 Å². The number of benzene rings is 2. The van der Waals surface area contributed by atoms with Crippen LogP contribution in [0.15, 0.2) is 51.9 Å². The number of rotatable bonds is 4. The Morgan fingerprint density at radius 2 is 1.83 bits per heavy atom. The van der Waals surface area contributed by atoms with Crippen molar-refractivity contribution in [1.82, 2.24) is 15.1 Å². The summed E-state index contributed by atoms with van der Waals surface area (Å²) in [4.78, 5) is 8.74. The van der Waals surface area contributed by atoms with Crippen molar-refractivity contribution in [3.05, 3.63) is 53.9 Å². The highest BCUT2D eigenvalue weighted by atomic mass is 32.2. The molecule has 0 bridgehead atoms. The van der Waals surface area contributed by atoms with Crippen molar-refractivity contribution < 1.29 is 18.0 Å². The highest BCUT2D eigenvalue weighted by Gasteiger charge is 2.61. The normalized spacial score (nSPS) is 20.5. The van der Waals surface area contributed by atoms with Gasteiger partial charge in [-0.25, -0.2) is 18.5 Å². The molecule has 2 aromatic carbocycles. The van der Waals surface area contributed by atoms with Crippen LogP contribution >= 0.6 is 11.3 Å². The number of hydrogen-bond donors (Lipinski definition) is 2. The van der Waals surface area contributed by atoms with Crippen molar-refractivity contribution >= 4 is 31.6 Å². The zero-order chi connectivity index (χ0) is 21.3. The van der Waals surface area contributed by atoms with Gasteiger partial charge in [0.1, 0.15) is 0 Å². The predicted octanol–water partition coefficient (Wildman–Crippen LogP) is 3.61. The summed E-state index contributed by atoms with van der Waals surface area (Å²) >= 11 is 1.19. The van der Waals surface area contributed by atoms with Gasteiger partial charge in [-0.2, -0.15) is 4.98 Å². The molecule has 1 aliphatic carbocycles. The second-order valence-electron chi connectivity index (χ2n) is 8.03. The maximum absolute atomic E-state index is 11.5. The number of thiazole rings is 1. The van der Waals surface area contributed by atoms with Gasteiger partial charge >= 0.3 is 0 Å². The van der Waals surface area contributed by atoms with E-state index in [1.54, 1.807) is 12.1 Å². The largest absolute Gasteiger partial charge is 0.486 e. The molecule has 1 saturated carbocycles. The SMILES string of the molecule is CC1(C)[C@@H](c2ccc(S(N)(=O)=O)cc2)[C@@H]1c1noc(-c2ccc3nc(O)sc3c2)n1. The van der Waals surface area contributed by atoms with Crippen LogP contribution in [0.25, 0.3) is 21.7 Å². The molecule has 8 nitrogen and oxygen atoms in total. The molecule has 2 atom stereocenters. The molecule has 0 aliphatic heterocycles. The molecule has 3 N–H and O–H groups in total. The minimum Gasteiger partial charge on any atom is -0.486 e. The summed E-state index contributed by atoms with van der Waals surface area (Å²) in [6.07, 6.45) is 0. The minimum absolute atomic E-state index is 0.0180. The highest BCUT2D eigenvalue weighted by molar-refractivity contribution is 7.89. The molecule has 4 aromatic rings. The number of aromatic hydroxyl groups is 1. The molecule has 154 valence electrons. The Morgan fingerprint density at radius 3 is 2.53 bits per heavy atom. The molecular weight excluding hydrogens is 424 g/mol. The third-order valence-electron chi connectivity index (χ3n) is 5.74. The van der Waals surface area contributed by atoms with Gasteiger partial charge in [0, 0.05) is 17.4 Å². The van der Waals surface area contributed by atoms with Crippen LogP contribution in [0.2, 0.25) is 0 Å². The fourth-order valence-corrected chi connectivity index (χ4v) is 5.39. The van der Waals surface area contributed by atoms with Crippen molar-refractivity contribution in [2.75, 3.05) is 0 Å². The third-order valence-corrected chi connectivity index (χ3v) is 7.49. The van der Waals surface area contributed by atoms with E-state index in [4.69, 9.17) is 9.66 Å². The van der Waals surface area contributed by atoms with Crippen LogP contribution in [-0.4, -0.2) is 28.6 Å². The molecule has 10 heteroatoms. The Labute approximate surface area is 176 Å². The third kappa shape index (κ3) is 3.08. The second kappa shape index (κ2) is 6.34. The van der Waals surface area contributed by atoms with Crippen LogP contribution in [0.4, 0.5) is 0 Å². The molecule has 30 heavy (non-hydrogen) atoms. The summed E-state index contributed by atoms with van der Waals surface area (Å²) in [5.74, 6) is 1.21. The van der Waals surface area contributed by atoms with Gasteiger partial charge in [-0.1, -0.05) is 42.5 Å². The molecule has 0 amide bonds. The van der Waals surface area contributed by atoms with Gasteiger partial charge in [0.25, 0.3) is 11.1 Å². The van der Waals surface area contributed by atoms with E-state index in [2.05, 4.69) is 29.0 Å². The van der Waals surface area contributed by atoms with Crippen molar-refractivity contribution in [1.29, 1.82) is 0 Å². The minimum atomic E-state index is -3.72. The first kappa shape index (κ1) is 19.2. The number of primary sulfonamides is 1. The van der Waals surface area contributed by atoms with E-state index < -0.39 is 10.0 Å². The van der Waals surface area contributed by atoms with Gasteiger partial charge < -0.3 is 9.63 Å². The van der Waals surface area contributed by atoms with E-state index in [0.29, 0.717) is 17.2 Å². The van der Waals surface area contributed by atoms with Gasteiger partial charge in [0.2, 0.25) is 10.0 Å². The summed E-state index contributed by atoms with van der Waals surface area (Å²) in [5.41, 5.74) is 2.38. The smallest absolute Gasteiger partial charge is 0.271 e. The quantitative estimate of drug-likeness (QED) is 0.493. The van der Waals surface area contributed by atoms with Crippen LogP contribution in [0.5, 0.6) is 5.19 Å². The zero-order valence-corrected chi connectivity index (χ0v) is 17.7. The fraction of sp³-hybridized carbons (Fsp3) is 0.250. The number of sulfonamides is 1. The summed E-state index contributed by atoms with van der Waals surface area (Å²) in [6.45, 7) is 4.25. The molecule has 1 fully saturated rings. The van der Waals surface area contributed by atoms with E-state index >= 15 is 0 Å². The Kier molecular flexibility index (Phi) is 4.05. The van der Waals surface area contributed by atoms with Crippen LogP contribution in [0.1, 0.15) is 37.1 Å². The highest BCUT2D eigenvalue weighted by Crippen LogP contribution is 2.69. The van der Waals surface area contributed by atoms with E-state index in [1.807, 2.05) is 18.2 Å². The summed E-state index contributed by atoms with van der Waals surface area (Å²) in [5, 5.41) is 19.0. The maximum atomic E-state index is 11.5. The zero-order valence-electron chi connectivity index (χ0n) is 16.1. The lowest BCUT2D eigenvalue weighted by Crippen LogP contribution is -2.11. The first-order chi connectivity index (χ1) is 14.1. The lowest BCUT2D eigenvalue weighted by molar-refractivity contribution is 0.419. The lowest BCUT2D eigenvalue weighted by atomic mass is 10.0. The predicted molar refractivity (Wildman–Crippen MR) is 112 cm³/mol. The molecule has 1 aliphatic rings. The number of hydrogen-bond acceptors (Lipinski definition) is 8. The van der Waals surface area contributed by atoms with Gasteiger partial charge in [-0.15, -0.1) is 0 Å². The van der Waals surface area contributed by atoms with Crippen LogP contribution in [0, 0.1) is 5.41 Å². The summed E-state index contributed by atoms with van der Waals surface area (Å²) in [6, 6.07) is 12.1. The van der Waals surface area contributed by atoms with E-state index in [-0.39, 0.29) is 27.3 Å². The standard InChI is InChI=1S/C20H18N4O4S2/c1-20(2)15(10-3-6-12(7-4-10)30(21,26)27)16(20)17-23-18(28-24-17)11-5-8-13-14(9-11)29-19(25)22-13/h3-9,15-16H,1-2H3,(H,22,25)(H2,21,26,27)/t15-,16+/m0/s1. The van der Waals surface area contributed by atoms with Gasteiger partial charge in [0.05, 0.1) is 15.1 Å². The van der Waals surface area contributed by atoms with Crippen molar-refractivity contribution in [2.24, 2.45) is 10.6 Å². The number of aromatic nitrogens is 3. The maximum Gasteiger partial charge on any atom is 0.271 e. The average Bonchev–Trinajstić information content (AvgIpc) is 3.04. The van der Waals surface area contributed by atoms with E-state index in [9.17, 15) is 13.5 Å². The monoisotopic (exact) mass is 442 g/mol. The van der Waals surface area contributed by atoms with Crippen LogP contribution in [0.3, 0.4) is 0 Å². The number of nitrogens with two attached hydrogens (primary N) is 1. The van der Waals surface area contributed by atoms with Crippen LogP contribution < -0.4 is 5.14 Å². The molecule has 2 aromatic heterocycles. The molecule has 0 unspecified atom stereocenters. The Balaban J connectivity index is 1.44. The van der Waals surface area contributed by atoms with Crippen molar-refractivity contribution in [3.8, 4) is 16.6 Å². The fourth-order valence-electron chi connectivity index (χ4n) is 4.13. The first-order valence-electron chi connectivity index (χ1n) is 9.21. The summed E-state index contributed by atoms with van der Waals surface area (Å²) in [7, 11) is -3.72. The number of nitrogens with zero attached hydrogens (tertiary/aromatic N) is 3. The van der Waals surface area contributed by atoms with Gasteiger partial charge in [-0.05, 0) is 41.3 Å². The Bertz CT molecular complexity index is 1370. The Morgan fingerprint density at radius 1 is 1.10 bits per heavy atom. The molecule has 0 saturated heterocycles. The van der Waals surface area contributed by atoms with Gasteiger partial charge in [-0.3, -0.25) is 0 Å². The molecule has 5 rings (SSSR count). The lowest BCUT2D eigenvalue weighted by Gasteiger charge is -2.04. The second-order valence-corrected chi connectivity index (χ2v) is 10.6. The van der Waals surface area contributed by atoms with E-state index in [0.717, 1.165) is 15.8 Å². The molecular formula is C20H18N4O4S2. The van der Waals surface area contributed by atoms with Crippen molar-refractivity contribution in [2.45, 2.75) is 30.6 Å². The van der Waals surface area contributed by atoms with Crippen molar-refractivity contribution in [3.63, 3.8) is 0 Å². The average molecular weight is 443 g/mol. The number of fused-ring (bicyclic) bond motifs is 1. The molecule has 0 radical (unpaired) electrons. The topological polar surface area (TPSA) is 132 Å². The molecule has 0 spiro atoms.